The fraction of sp³-hybridized carbons (Fsp3) is 1.00. The minimum Gasteiger partial charge on any atom is -0.299 e. The number of fused-ring (bicyclic) bond motifs is 12. The molecule has 0 unspecified atom stereocenters. The molecule has 6 nitrogen and oxygen atoms in total. The molecule has 2 saturated carbocycles. The minimum absolute atomic E-state index is 0.435. The van der Waals surface area contributed by atoms with Crippen molar-refractivity contribution in [3.8, 4) is 0 Å². The van der Waals surface area contributed by atoms with Crippen LogP contribution < -0.4 is 10.6 Å². The maximum absolute atomic E-state index is 4.72. The molecule has 9 heterocycles. The Hall–Kier alpha value is -0.240. The highest BCUT2D eigenvalue weighted by atomic mass is 15.4. The Bertz CT molecular complexity index is 1070. The number of nitrogens with zero attached hydrogens (tertiary/aromatic N) is 4. The molecule has 46 heavy (non-hydrogen) atoms. The van der Waals surface area contributed by atoms with Crippen molar-refractivity contribution >= 4 is 0 Å². The van der Waals surface area contributed by atoms with Crippen molar-refractivity contribution < 1.29 is 0 Å². The van der Waals surface area contributed by atoms with Gasteiger partial charge in [0.15, 0.2) is 0 Å². The zero-order chi connectivity index (χ0) is 30.0. The van der Waals surface area contributed by atoms with Crippen LogP contribution in [0.2, 0.25) is 0 Å². The van der Waals surface area contributed by atoms with Crippen molar-refractivity contribution in [2.45, 2.75) is 177 Å². The Morgan fingerprint density at radius 3 is 1.43 bits per heavy atom. The molecule has 2 aliphatic carbocycles. The third-order valence-electron chi connectivity index (χ3n) is 17.6. The molecule has 0 aromatic carbocycles. The van der Waals surface area contributed by atoms with Crippen LogP contribution in [0.4, 0.5) is 0 Å². The van der Waals surface area contributed by atoms with E-state index in [4.69, 9.17) is 10.6 Å². The van der Waals surface area contributed by atoms with Gasteiger partial charge >= 0.3 is 0 Å². The fourth-order valence-electron chi connectivity index (χ4n) is 16.5. The summed E-state index contributed by atoms with van der Waals surface area (Å²) < 4.78 is 0. The van der Waals surface area contributed by atoms with Crippen LogP contribution in [0.15, 0.2) is 0 Å². The summed E-state index contributed by atoms with van der Waals surface area (Å²) in [5, 5.41) is 9.44. The van der Waals surface area contributed by atoms with Crippen LogP contribution in [0.25, 0.3) is 0 Å². The Morgan fingerprint density at radius 2 is 0.935 bits per heavy atom. The van der Waals surface area contributed by atoms with Crippen LogP contribution in [-0.2, 0) is 0 Å². The molecule has 9 aliphatic heterocycles. The van der Waals surface area contributed by atoms with Gasteiger partial charge in [0.1, 0.15) is 0 Å². The summed E-state index contributed by atoms with van der Waals surface area (Å²) in [7, 11) is 0. The zero-order valence-electron chi connectivity index (χ0n) is 29.1. The molecule has 0 amide bonds. The number of hydrogen-bond donors (Lipinski definition) is 2. The second kappa shape index (κ2) is 11.1. The van der Waals surface area contributed by atoms with Gasteiger partial charge in [-0.25, -0.2) is 0 Å². The molecule has 11 rings (SSSR count). The van der Waals surface area contributed by atoms with E-state index in [1.165, 1.54) is 168 Å². The molecule has 256 valence electrons. The number of hydrogen-bond acceptors (Lipinski definition) is 6. The highest BCUT2D eigenvalue weighted by Gasteiger charge is 2.65. The van der Waals surface area contributed by atoms with Crippen LogP contribution >= 0.6 is 0 Å². The lowest BCUT2D eigenvalue weighted by Crippen LogP contribution is -2.80. The first-order chi connectivity index (χ1) is 22.7. The first-order valence-electron chi connectivity index (χ1n) is 21.2. The molecule has 8 bridgehead atoms. The van der Waals surface area contributed by atoms with Crippen LogP contribution in [0.1, 0.15) is 128 Å². The predicted molar refractivity (Wildman–Crippen MR) is 184 cm³/mol. The maximum Gasteiger partial charge on any atom is 0.0602 e. The van der Waals surface area contributed by atoms with E-state index >= 15 is 0 Å². The maximum atomic E-state index is 4.72. The average molecular weight is 631 g/mol. The van der Waals surface area contributed by atoms with E-state index < -0.39 is 0 Å². The zero-order valence-corrected chi connectivity index (χ0v) is 29.1. The first-order valence-corrected chi connectivity index (χ1v) is 21.2. The van der Waals surface area contributed by atoms with Gasteiger partial charge in [-0.05, 0) is 165 Å². The summed E-state index contributed by atoms with van der Waals surface area (Å²) >= 11 is 0. The van der Waals surface area contributed by atoms with Gasteiger partial charge in [0.25, 0.3) is 0 Å². The van der Waals surface area contributed by atoms with Crippen LogP contribution in [0.5, 0.6) is 0 Å². The summed E-state index contributed by atoms with van der Waals surface area (Å²) in [6.07, 6.45) is 30.7. The van der Waals surface area contributed by atoms with Crippen molar-refractivity contribution in [1.82, 2.24) is 30.2 Å². The third-order valence-corrected chi connectivity index (χ3v) is 17.6. The van der Waals surface area contributed by atoms with E-state index in [-0.39, 0.29) is 0 Å². The van der Waals surface area contributed by atoms with Gasteiger partial charge in [0.2, 0.25) is 0 Å². The van der Waals surface area contributed by atoms with Crippen molar-refractivity contribution in [1.29, 1.82) is 0 Å². The molecule has 0 radical (unpaired) electrons. The molecule has 6 heteroatoms. The van der Waals surface area contributed by atoms with Crippen molar-refractivity contribution in [3.63, 3.8) is 0 Å². The highest BCUT2D eigenvalue weighted by Crippen LogP contribution is 2.61. The molecule has 2 spiro atoms. The van der Waals surface area contributed by atoms with Gasteiger partial charge in [0.05, 0.1) is 12.3 Å². The van der Waals surface area contributed by atoms with Crippen LogP contribution in [-0.4, -0.2) is 107 Å². The smallest absolute Gasteiger partial charge is 0.0602 e. The Labute approximate surface area is 280 Å². The number of rotatable bonds is 0. The second-order valence-corrected chi connectivity index (χ2v) is 19.4. The Morgan fingerprint density at radius 1 is 0.435 bits per heavy atom. The van der Waals surface area contributed by atoms with Gasteiger partial charge < -0.3 is 0 Å². The molecule has 0 aromatic heterocycles. The van der Waals surface area contributed by atoms with E-state index in [9.17, 15) is 0 Å². The minimum atomic E-state index is 0.435. The van der Waals surface area contributed by atoms with Crippen molar-refractivity contribution in [2.75, 3.05) is 39.3 Å². The molecule has 14 atom stereocenters. The topological polar surface area (TPSA) is 37.0 Å². The molecule has 11 aliphatic rings. The van der Waals surface area contributed by atoms with E-state index in [1.807, 2.05) is 0 Å². The molecular formula is C40H66N6. The summed E-state index contributed by atoms with van der Waals surface area (Å²) in [6, 6.07) is 4.77. The fourth-order valence-corrected chi connectivity index (χ4v) is 16.5. The summed E-state index contributed by atoms with van der Waals surface area (Å²) in [4.78, 5) is 12.7. The van der Waals surface area contributed by atoms with Gasteiger partial charge in [-0.2, -0.15) is 0 Å². The van der Waals surface area contributed by atoms with E-state index in [1.54, 1.807) is 0 Å². The highest BCUT2D eigenvalue weighted by molar-refractivity contribution is 5.19. The summed E-state index contributed by atoms with van der Waals surface area (Å²) in [6.45, 7) is 8.30. The summed E-state index contributed by atoms with van der Waals surface area (Å²) in [5.74, 6) is 3.76. The lowest BCUT2D eigenvalue weighted by Gasteiger charge is -2.70. The molecular weight excluding hydrogens is 564 g/mol. The second-order valence-electron chi connectivity index (χ2n) is 19.4. The van der Waals surface area contributed by atoms with Gasteiger partial charge in [-0.1, -0.05) is 12.8 Å². The van der Waals surface area contributed by atoms with Crippen LogP contribution in [0.3, 0.4) is 0 Å². The lowest BCUT2D eigenvalue weighted by molar-refractivity contribution is -0.198. The van der Waals surface area contributed by atoms with Gasteiger partial charge in [-0.3, -0.25) is 30.2 Å². The Balaban J connectivity index is 1.04. The standard InChI is InChI=1S/C40H66N6/c1-3-17-43-25-39-23-29(31(43)11-1)21-27-9-7-19-45(37(27)39)36-16-6-14-34(42-36)40-24-30(32-12-2-4-18-44(32)26-40)22-28-10-8-20-46(38(28)40)35-15-5-13-33(39)41-35/h27-38,41-42H,1-26H2/t27-,28-,29-,30+,31+,32+,33+,34+,35+,36-,37+,38+,39+,40-/m1/s1. The van der Waals surface area contributed by atoms with Crippen molar-refractivity contribution in [2.24, 2.45) is 34.5 Å². The average Bonchev–Trinajstić information content (AvgIpc) is 3.11. The monoisotopic (exact) mass is 631 g/mol. The first kappa shape index (κ1) is 29.5. The van der Waals surface area contributed by atoms with Gasteiger partial charge in [-0.15, -0.1) is 0 Å². The number of nitrogens with one attached hydrogen (secondary N) is 2. The predicted octanol–water partition coefficient (Wildman–Crippen LogP) is 5.63. The van der Waals surface area contributed by atoms with Gasteiger partial charge in [0, 0.05) is 60.2 Å². The normalized spacial score (nSPS) is 55.8. The van der Waals surface area contributed by atoms with E-state index in [0.717, 1.165) is 47.8 Å². The molecule has 11 fully saturated rings. The summed E-state index contributed by atoms with van der Waals surface area (Å²) in [5.41, 5.74) is 0.870. The molecule has 0 aromatic rings. The van der Waals surface area contributed by atoms with E-state index in [0.29, 0.717) is 35.2 Å². The SMILES string of the molecule is C1C[C@@H]2N[C@@H](C1)[C@]13C[C@H](C[C@H]4CCCN([C@@H]41)[C@H]1CCC[C@H](N1)[C@@]14C[C@@H](C[C@H]5CCCN2[C@@H]51)[C@@H]1CCCCN1C4)[C@@H]1CCCCN1C3. The van der Waals surface area contributed by atoms with Crippen molar-refractivity contribution in [3.05, 3.63) is 0 Å². The van der Waals surface area contributed by atoms with E-state index in [2.05, 4.69) is 19.6 Å². The largest absolute Gasteiger partial charge is 0.299 e. The van der Waals surface area contributed by atoms with Crippen LogP contribution in [0, 0.1) is 34.5 Å². The molecule has 2 N–H and O–H groups in total. The Kier molecular flexibility index (Phi) is 7.13. The third kappa shape index (κ3) is 4.22. The molecule has 9 saturated heterocycles. The number of piperidine rings is 8. The quantitative estimate of drug-likeness (QED) is 0.362. The lowest BCUT2D eigenvalue weighted by atomic mass is 9.50.